The summed E-state index contributed by atoms with van der Waals surface area (Å²) in [4.78, 5) is 4.98. The Bertz CT molecular complexity index is 557. The number of benzene rings is 2. The van der Waals surface area contributed by atoms with Gasteiger partial charge in [-0.2, -0.15) is 0 Å². The van der Waals surface area contributed by atoms with E-state index in [0.717, 1.165) is 12.8 Å². The quantitative estimate of drug-likeness (QED) is 0.740. The van der Waals surface area contributed by atoms with Gasteiger partial charge in [-0.3, -0.25) is 4.99 Å². The normalized spacial score (nSPS) is 22.8. The Hall–Kier alpha value is -1.89. The Kier molecular flexibility index (Phi) is 2.75. The first-order chi connectivity index (χ1) is 8.78. The van der Waals surface area contributed by atoms with Crippen LogP contribution in [0.5, 0.6) is 0 Å². The van der Waals surface area contributed by atoms with Crippen LogP contribution in [0, 0.1) is 0 Å². The second kappa shape index (κ2) is 4.41. The lowest BCUT2D eigenvalue weighted by Gasteiger charge is -2.20. The molecule has 1 heteroatoms. The third-order valence-corrected chi connectivity index (χ3v) is 3.73. The third-order valence-electron chi connectivity index (χ3n) is 3.73. The number of hydrogen-bond donors (Lipinski definition) is 0. The molecule has 1 nitrogen and oxygen atoms in total. The number of nitrogens with zero attached hydrogens (tertiary/aromatic N) is 1. The Morgan fingerprint density at radius 3 is 2.17 bits per heavy atom. The molecule has 2 aromatic rings. The van der Waals surface area contributed by atoms with Crippen molar-refractivity contribution in [3.63, 3.8) is 0 Å². The Morgan fingerprint density at radius 2 is 1.50 bits per heavy atom. The fraction of sp³-hybridized carbons (Fsp3) is 0.235. The minimum atomic E-state index is -0.0492. The molecule has 1 heterocycles. The van der Waals surface area contributed by atoms with Crippen molar-refractivity contribution >= 4 is 5.71 Å². The van der Waals surface area contributed by atoms with Gasteiger partial charge in [0.1, 0.15) is 0 Å². The summed E-state index contributed by atoms with van der Waals surface area (Å²) in [5, 5.41) is 0. The van der Waals surface area contributed by atoms with Gasteiger partial charge in [0.2, 0.25) is 0 Å². The maximum absolute atomic E-state index is 4.98. The average Bonchev–Trinajstić information content (AvgIpc) is 2.85. The first-order valence-corrected chi connectivity index (χ1v) is 6.48. The van der Waals surface area contributed by atoms with Gasteiger partial charge < -0.3 is 0 Å². The molecule has 90 valence electrons. The minimum absolute atomic E-state index is 0.0492. The maximum Gasteiger partial charge on any atom is 0.0835 e. The first kappa shape index (κ1) is 11.2. The molecular formula is C17H17N. The van der Waals surface area contributed by atoms with E-state index in [4.69, 9.17) is 4.99 Å². The predicted molar refractivity (Wildman–Crippen MR) is 76.0 cm³/mol. The van der Waals surface area contributed by atoms with E-state index < -0.39 is 0 Å². The zero-order chi connectivity index (χ0) is 12.4. The van der Waals surface area contributed by atoms with E-state index in [0.29, 0.717) is 0 Å². The molecule has 0 aromatic heterocycles. The lowest BCUT2D eigenvalue weighted by Crippen LogP contribution is -2.14. The lowest BCUT2D eigenvalue weighted by atomic mass is 9.90. The molecule has 3 rings (SSSR count). The molecule has 1 unspecified atom stereocenters. The van der Waals surface area contributed by atoms with Crippen molar-refractivity contribution in [1.29, 1.82) is 0 Å². The van der Waals surface area contributed by atoms with Gasteiger partial charge in [-0.05, 0) is 30.9 Å². The van der Waals surface area contributed by atoms with Crippen LogP contribution in [0.25, 0.3) is 0 Å². The highest BCUT2D eigenvalue weighted by Crippen LogP contribution is 2.36. The summed E-state index contributed by atoms with van der Waals surface area (Å²) in [5.74, 6) is 0. The van der Waals surface area contributed by atoms with Crippen molar-refractivity contribution in [3.05, 3.63) is 71.8 Å². The van der Waals surface area contributed by atoms with E-state index in [9.17, 15) is 0 Å². The van der Waals surface area contributed by atoms with Gasteiger partial charge >= 0.3 is 0 Å². The van der Waals surface area contributed by atoms with Crippen LogP contribution < -0.4 is 0 Å². The van der Waals surface area contributed by atoms with E-state index in [-0.39, 0.29) is 5.54 Å². The third kappa shape index (κ3) is 1.97. The van der Waals surface area contributed by atoms with Gasteiger partial charge in [0.25, 0.3) is 0 Å². The molecule has 0 radical (unpaired) electrons. The van der Waals surface area contributed by atoms with E-state index in [1.807, 2.05) is 0 Å². The molecule has 0 aliphatic carbocycles. The number of hydrogen-bond acceptors (Lipinski definition) is 1. The highest BCUT2D eigenvalue weighted by atomic mass is 14.9. The van der Waals surface area contributed by atoms with Crippen molar-refractivity contribution in [2.45, 2.75) is 25.3 Å². The van der Waals surface area contributed by atoms with Crippen molar-refractivity contribution in [2.75, 3.05) is 0 Å². The van der Waals surface area contributed by atoms with Crippen LogP contribution in [0.2, 0.25) is 0 Å². The maximum atomic E-state index is 4.98. The van der Waals surface area contributed by atoms with Crippen molar-refractivity contribution in [1.82, 2.24) is 0 Å². The number of aliphatic imine (C=N–C) groups is 1. The fourth-order valence-electron chi connectivity index (χ4n) is 2.62. The Balaban J connectivity index is 1.96. The summed E-state index contributed by atoms with van der Waals surface area (Å²) in [6, 6.07) is 21.1. The summed E-state index contributed by atoms with van der Waals surface area (Å²) in [6.07, 6.45) is 2.16. The smallest absolute Gasteiger partial charge is 0.0835 e. The second-order valence-electron chi connectivity index (χ2n) is 5.06. The molecule has 0 N–H and O–H groups in total. The highest BCUT2D eigenvalue weighted by molar-refractivity contribution is 6.02. The van der Waals surface area contributed by atoms with Gasteiger partial charge in [0.05, 0.1) is 5.54 Å². The van der Waals surface area contributed by atoms with Crippen LogP contribution >= 0.6 is 0 Å². The predicted octanol–water partition coefficient (Wildman–Crippen LogP) is 4.18. The van der Waals surface area contributed by atoms with E-state index in [2.05, 4.69) is 67.6 Å². The standard InChI is InChI=1S/C17H17N/c1-17(15-10-6-3-7-11-15)13-12-16(18-17)14-8-4-2-5-9-14/h2-11H,12-13H2,1H3. The summed E-state index contributed by atoms with van der Waals surface area (Å²) in [5.41, 5.74) is 3.77. The molecule has 0 saturated heterocycles. The molecule has 1 aliphatic rings. The van der Waals surface area contributed by atoms with Crippen LogP contribution in [-0.2, 0) is 5.54 Å². The zero-order valence-corrected chi connectivity index (χ0v) is 10.6. The Labute approximate surface area is 108 Å². The monoisotopic (exact) mass is 235 g/mol. The van der Waals surface area contributed by atoms with Crippen LogP contribution in [-0.4, -0.2) is 5.71 Å². The molecule has 1 aliphatic heterocycles. The first-order valence-electron chi connectivity index (χ1n) is 6.48. The van der Waals surface area contributed by atoms with Gasteiger partial charge in [-0.1, -0.05) is 60.7 Å². The van der Waals surface area contributed by atoms with E-state index >= 15 is 0 Å². The van der Waals surface area contributed by atoms with Crippen LogP contribution in [0.4, 0.5) is 0 Å². The van der Waals surface area contributed by atoms with Crippen molar-refractivity contribution in [2.24, 2.45) is 4.99 Å². The van der Waals surface area contributed by atoms with Crippen LogP contribution in [0.1, 0.15) is 30.9 Å². The minimum Gasteiger partial charge on any atom is -0.278 e. The molecule has 2 aromatic carbocycles. The van der Waals surface area contributed by atoms with Crippen molar-refractivity contribution < 1.29 is 0 Å². The SMILES string of the molecule is CC1(c2ccccc2)CCC(c2ccccc2)=N1. The summed E-state index contributed by atoms with van der Waals surface area (Å²) >= 11 is 0. The molecule has 0 amide bonds. The summed E-state index contributed by atoms with van der Waals surface area (Å²) < 4.78 is 0. The fourth-order valence-corrected chi connectivity index (χ4v) is 2.62. The van der Waals surface area contributed by atoms with Gasteiger partial charge in [0, 0.05) is 5.71 Å². The molecule has 0 bridgehead atoms. The van der Waals surface area contributed by atoms with Crippen LogP contribution in [0.15, 0.2) is 65.7 Å². The Morgan fingerprint density at radius 1 is 0.889 bits per heavy atom. The molecular weight excluding hydrogens is 218 g/mol. The second-order valence-corrected chi connectivity index (χ2v) is 5.06. The van der Waals surface area contributed by atoms with Crippen molar-refractivity contribution in [3.8, 4) is 0 Å². The van der Waals surface area contributed by atoms with Gasteiger partial charge in [-0.25, -0.2) is 0 Å². The molecule has 1 atom stereocenters. The largest absolute Gasteiger partial charge is 0.278 e. The highest BCUT2D eigenvalue weighted by Gasteiger charge is 2.31. The average molecular weight is 235 g/mol. The molecule has 18 heavy (non-hydrogen) atoms. The topological polar surface area (TPSA) is 12.4 Å². The lowest BCUT2D eigenvalue weighted by molar-refractivity contribution is 0.497. The van der Waals surface area contributed by atoms with E-state index in [1.54, 1.807) is 0 Å². The molecule has 0 saturated carbocycles. The molecule has 0 fully saturated rings. The molecule has 0 spiro atoms. The van der Waals surface area contributed by atoms with E-state index in [1.165, 1.54) is 16.8 Å². The zero-order valence-electron chi connectivity index (χ0n) is 10.6. The van der Waals surface area contributed by atoms with Gasteiger partial charge in [-0.15, -0.1) is 0 Å². The summed E-state index contributed by atoms with van der Waals surface area (Å²) in [7, 11) is 0. The number of rotatable bonds is 2. The van der Waals surface area contributed by atoms with Crippen LogP contribution in [0.3, 0.4) is 0 Å². The van der Waals surface area contributed by atoms with Gasteiger partial charge in [0.15, 0.2) is 0 Å². The summed E-state index contributed by atoms with van der Waals surface area (Å²) in [6.45, 7) is 2.23.